The van der Waals surface area contributed by atoms with Gasteiger partial charge in [0.15, 0.2) is 0 Å². The number of hydrogen-bond donors (Lipinski definition) is 0. The number of ether oxygens (including phenoxy) is 1. The molecule has 1 aromatic rings. The fraction of sp³-hybridized carbons (Fsp3) is 0.529. The molecule has 0 aromatic carbocycles. The second-order valence-corrected chi connectivity index (χ2v) is 6.79. The van der Waals surface area contributed by atoms with Crippen molar-refractivity contribution < 1.29 is 9.53 Å². The molecule has 5 heteroatoms. The van der Waals surface area contributed by atoms with Gasteiger partial charge in [0.25, 0.3) is 0 Å². The largest absolute Gasteiger partial charge is 0.444 e. The Morgan fingerprint density at radius 3 is 2.82 bits per heavy atom. The maximum Gasteiger partial charge on any atom is 0.410 e. The first-order chi connectivity index (χ1) is 10.4. The average Bonchev–Trinajstić information content (AvgIpc) is 2.89. The molecule has 0 radical (unpaired) electrons. The summed E-state index contributed by atoms with van der Waals surface area (Å²) in [5.41, 5.74) is 2.99. The van der Waals surface area contributed by atoms with Crippen LogP contribution < -0.4 is 0 Å². The standard InChI is InChI=1S/C17H23N3O2/c1-17(2,3)22-16(21)19-10-9-15-13(12-19)11-18-20(15)14-7-5-4-6-8-14/h5,7-8,11H,4,6,9-10,12H2,1-3H3. The first kappa shape index (κ1) is 14.9. The van der Waals surface area contributed by atoms with Gasteiger partial charge in [0, 0.05) is 18.5 Å². The van der Waals surface area contributed by atoms with Crippen LogP contribution in [0.4, 0.5) is 4.79 Å². The van der Waals surface area contributed by atoms with Gasteiger partial charge in [0.2, 0.25) is 0 Å². The third kappa shape index (κ3) is 3.08. The van der Waals surface area contributed by atoms with Crippen LogP contribution in [0.5, 0.6) is 0 Å². The molecule has 0 atom stereocenters. The van der Waals surface area contributed by atoms with Crippen LogP contribution in [0.25, 0.3) is 5.70 Å². The summed E-state index contributed by atoms with van der Waals surface area (Å²) in [5, 5.41) is 4.51. The second kappa shape index (κ2) is 5.63. The van der Waals surface area contributed by atoms with Crippen molar-refractivity contribution in [3.05, 3.63) is 35.7 Å². The summed E-state index contributed by atoms with van der Waals surface area (Å²) in [5.74, 6) is 0. The van der Waals surface area contributed by atoms with Gasteiger partial charge in [-0.3, -0.25) is 0 Å². The highest BCUT2D eigenvalue weighted by atomic mass is 16.6. The molecule has 118 valence electrons. The van der Waals surface area contributed by atoms with Crippen molar-refractivity contribution in [1.82, 2.24) is 14.7 Å². The van der Waals surface area contributed by atoms with Crippen molar-refractivity contribution in [1.29, 1.82) is 0 Å². The van der Waals surface area contributed by atoms with E-state index in [-0.39, 0.29) is 6.09 Å². The number of rotatable bonds is 1. The summed E-state index contributed by atoms with van der Waals surface area (Å²) in [4.78, 5) is 13.9. The maximum absolute atomic E-state index is 12.2. The van der Waals surface area contributed by atoms with E-state index in [4.69, 9.17) is 4.74 Å². The fourth-order valence-electron chi connectivity index (χ4n) is 2.79. The van der Waals surface area contributed by atoms with Gasteiger partial charge in [-0.2, -0.15) is 5.10 Å². The molecule has 0 N–H and O–H groups in total. The SMILES string of the molecule is CC(C)(C)OC(=O)N1CCc2c(cnn2C2=CCCC=C2)C1. The van der Waals surface area contributed by atoms with Gasteiger partial charge in [0.1, 0.15) is 5.60 Å². The predicted molar refractivity (Wildman–Crippen MR) is 85.2 cm³/mol. The number of fused-ring (bicyclic) bond motifs is 1. The molecule has 3 rings (SSSR count). The molecule has 1 aliphatic carbocycles. The Labute approximate surface area is 131 Å². The normalized spacial score (nSPS) is 18.0. The highest BCUT2D eigenvalue weighted by Gasteiger charge is 2.28. The summed E-state index contributed by atoms with van der Waals surface area (Å²) in [6.45, 7) is 6.91. The van der Waals surface area contributed by atoms with Crippen molar-refractivity contribution in [3.63, 3.8) is 0 Å². The Kier molecular flexibility index (Phi) is 3.81. The van der Waals surface area contributed by atoms with Gasteiger partial charge in [0.05, 0.1) is 24.1 Å². The summed E-state index contributed by atoms with van der Waals surface area (Å²) in [7, 11) is 0. The van der Waals surface area contributed by atoms with Gasteiger partial charge in [-0.25, -0.2) is 9.48 Å². The molecule has 0 fully saturated rings. The zero-order valence-electron chi connectivity index (χ0n) is 13.5. The van der Waals surface area contributed by atoms with Crippen molar-refractivity contribution in [3.8, 4) is 0 Å². The van der Waals surface area contributed by atoms with Crippen LogP contribution in [0.3, 0.4) is 0 Å². The molecule has 0 spiro atoms. The van der Waals surface area contributed by atoms with Crippen LogP contribution in [0.1, 0.15) is 44.9 Å². The number of amides is 1. The smallest absolute Gasteiger partial charge is 0.410 e. The van der Waals surface area contributed by atoms with Crippen LogP contribution in [0, 0.1) is 0 Å². The Bertz CT molecular complexity index is 635. The van der Waals surface area contributed by atoms with Gasteiger partial charge in [-0.1, -0.05) is 12.2 Å². The minimum Gasteiger partial charge on any atom is -0.444 e. The second-order valence-electron chi connectivity index (χ2n) is 6.79. The van der Waals surface area contributed by atoms with Crippen molar-refractivity contribution >= 4 is 11.8 Å². The van der Waals surface area contributed by atoms with E-state index in [1.165, 1.54) is 5.69 Å². The lowest BCUT2D eigenvalue weighted by Crippen LogP contribution is -2.40. The van der Waals surface area contributed by atoms with Gasteiger partial charge in [-0.15, -0.1) is 0 Å². The van der Waals surface area contributed by atoms with Crippen LogP contribution in [0.2, 0.25) is 0 Å². The summed E-state index contributed by atoms with van der Waals surface area (Å²) in [6, 6.07) is 0. The van der Waals surface area contributed by atoms with E-state index in [0.717, 1.165) is 30.5 Å². The molecule has 0 saturated heterocycles. The van der Waals surface area contributed by atoms with Crippen LogP contribution in [-0.2, 0) is 17.7 Å². The van der Waals surface area contributed by atoms with E-state index < -0.39 is 5.60 Å². The third-order valence-electron chi connectivity index (χ3n) is 3.81. The molecule has 2 heterocycles. The zero-order valence-corrected chi connectivity index (χ0v) is 13.5. The molecule has 2 aliphatic rings. The van der Waals surface area contributed by atoms with Crippen LogP contribution >= 0.6 is 0 Å². The Hall–Kier alpha value is -2.04. The van der Waals surface area contributed by atoms with E-state index >= 15 is 0 Å². The Morgan fingerprint density at radius 2 is 2.14 bits per heavy atom. The van der Waals surface area contributed by atoms with E-state index in [1.807, 2.05) is 31.6 Å². The summed E-state index contributed by atoms with van der Waals surface area (Å²) >= 11 is 0. The van der Waals surface area contributed by atoms with Gasteiger partial charge < -0.3 is 9.64 Å². The monoisotopic (exact) mass is 301 g/mol. The number of allylic oxidation sites excluding steroid dienone is 4. The van der Waals surface area contributed by atoms with Crippen molar-refractivity contribution in [2.45, 2.75) is 52.2 Å². The average molecular weight is 301 g/mol. The topological polar surface area (TPSA) is 47.4 Å². The maximum atomic E-state index is 12.2. The lowest BCUT2D eigenvalue weighted by molar-refractivity contribution is 0.0223. The zero-order chi connectivity index (χ0) is 15.7. The highest BCUT2D eigenvalue weighted by Crippen LogP contribution is 2.24. The fourth-order valence-corrected chi connectivity index (χ4v) is 2.79. The molecule has 1 aromatic heterocycles. The van der Waals surface area contributed by atoms with Crippen LogP contribution in [0.15, 0.2) is 24.4 Å². The van der Waals surface area contributed by atoms with Crippen LogP contribution in [-0.4, -0.2) is 32.9 Å². The molecule has 0 unspecified atom stereocenters. The minimum atomic E-state index is -0.459. The number of carbonyl (C=O) groups is 1. The number of carbonyl (C=O) groups excluding carboxylic acids is 1. The Balaban J connectivity index is 1.75. The predicted octanol–water partition coefficient (Wildman–Crippen LogP) is 3.37. The number of aromatic nitrogens is 2. The first-order valence-corrected chi connectivity index (χ1v) is 7.85. The molecule has 1 aliphatic heterocycles. The summed E-state index contributed by atoms with van der Waals surface area (Å²) in [6.07, 6.45) is 11.1. The number of hydrogen-bond acceptors (Lipinski definition) is 3. The van der Waals surface area contributed by atoms with E-state index in [1.54, 1.807) is 4.90 Å². The molecular weight excluding hydrogens is 278 g/mol. The van der Waals surface area contributed by atoms with E-state index in [9.17, 15) is 4.79 Å². The first-order valence-electron chi connectivity index (χ1n) is 7.85. The molecule has 0 saturated carbocycles. The van der Waals surface area contributed by atoms with E-state index in [2.05, 4.69) is 23.3 Å². The minimum absolute atomic E-state index is 0.248. The molecule has 22 heavy (non-hydrogen) atoms. The summed E-state index contributed by atoms with van der Waals surface area (Å²) < 4.78 is 7.46. The van der Waals surface area contributed by atoms with Gasteiger partial charge in [-0.05, 0) is 39.7 Å². The number of nitrogens with zero attached hydrogens (tertiary/aromatic N) is 3. The molecular formula is C17H23N3O2. The lowest BCUT2D eigenvalue weighted by atomic mass is 10.1. The molecule has 0 bridgehead atoms. The molecule has 1 amide bonds. The van der Waals surface area contributed by atoms with Crippen molar-refractivity contribution in [2.75, 3.05) is 6.54 Å². The quantitative estimate of drug-likeness (QED) is 0.799. The lowest BCUT2D eigenvalue weighted by Gasteiger charge is -2.30. The highest BCUT2D eigenvalue weighted by molar-refractivity contribution is 5.69. The molecule has 5 nitrogen and oxygen atoms in total. The Morgan fingerprint density at radius 1 is 1.32 bits per heavy atom. The van der Waals surface area contributed by atoms with Crippen molar-refractivity contribution in [2.24, 2.45) is 0 Å². The van der Waals surface area contributed by atoms with E-state index in [0.29, 0.717) is 13.1 Å². The van der Waals surface area contributed by atoms with Gasteiger partial charge >= 0.3 is 6.09 Å². The third-order valence-corrected chi connectivity index (χ3v) is 3.81.